The van der Waals surface area contributed by atoms with Gasteiger partial charge in [-0.3, -0.25) is 14.4 Å². The summed E-state index contributed by atoms with van der Waals surface area (Å²) in [6.07, 6.45) is 0.225. The molecule has 2 atom stereocenters. The molecule has 188 valence electrons. The highest BCUT2D eigenvalue weighted by atomic mass is 19.1. The summed E-state index contributed by atoms with van der Waals surface area (Å²) in [6.45, 7) is 1.73. The number of amides is 3. The van der Waals surface area contributed by atoms with Gasteiger partial charge in [0.05, 0.1) is 18.5 Å². The number of hydrogen-bond donors (Lipinski definition) is 1. The Kier molecular flexibility index (Phi) is 7.63. The van der Waals surface area contributed by atoms with E-state index in [1.807, 2.05) is 25.1 Å². The predicted molar refractivity (Wildman–Crippen MR) is 138 cm³/mol. The molecule has 0 spiro atoms. The Balaban J connectivity index is 1.42. The quantitative estimate of drug-likeness (QED) is 0.550. The predicted octanol–water partition coefficient (Wildman–Crippen LogP) is 4.25. The van der Waals surface area contributed by atoms with Crippen molar-refractivity contribution in [3.8, 4) is 17.2 Å². The minimum atomic E-state index is -0.756. The minimum Gasteiger partial charge on any atom is -0.332 e. The van der Waals surface area contributed by atoms with Gasteiger partial charge in [0, 0.05) is 30.4 Å². The lowest BCUT2D eigenvalue weighted by Crippen LogP contribution is -2.43. The second kappa shape index (κ2) is 11.0. The fourth-order valence-corrected chi connectivity index (χ4v) is 4.47. The first-order valence-electron chi connectivity index (χ1n) is 11.9. The fourth-order valence-electron chi connectivity index (χ4n) is 4.47. The molecule has 3 aromatic carbocycles. The van der Waals surface area contributed by atoms with Gasteiger partial charge in [0.25, 0.3) is 5.91 Å². The number of hydrogen-bond acceptors (Lipinski definition) is 4. The van der Waals surface area contributed by atoms with Crippen LogP contribution in [0.1, 0.15) is 22.3 Å². The van der Waals surface area contributed by atoms with Crippen LogP contribution in [0.4, 0.5) is 10.1 Å². The molecule has 0 aromatic heterocycles. The highest BCUT2D eigenvalue weighted by molar-refractivity contribution is 5.98. The Hall–Kier alpha value is -4.51. The zero-order valence-corrected chi connectivity index (χ0v) is 20.6. The van der Waals surface area contributed by atoms with E-state index in [1.165, 1.54) is 22.9 Å². The summed E-state index contributed by atoms with van der Waals surface area (Å²) in [7, 11) is 1.50. The van der Waals surface area contributed by atoms with Gasteiger partial charge in [-0.25, -0.2) is 4.39 Å². The van der Waals surface area contributed by atoms with Crippen LogP contribution < -0.4 is 5.32 Å². The second-order valence-corrected chi connectivity index (χ2v) is 9.15. The standard InChI is InChI=1S/C29H27FN4O3/c1-19-8-3-6-13-26(19)32-28(36)22-15-23(16-31)34(17-22)27(35)18-33(2)29(37)21-10-7-9-20(14-21)24-11-4-5-12-25(24)30/h3-14,22-23H,15,17-18H2,1-2H3,(H,32,36). The lowest BCUT2D eigenvalue weighted by atomic mass is 10.0. The van der Waals surface area contributed by atoms with Gasteiger partial charge < -0.3 is 15.1 Å². The summed E-state index contributed by atoms with van der Waals surface area (Å²) in [5.41, 5.74) is 2.84. The first-order chi connectivity index (χ1) is 17.8. The van der Waals surface area contributed by atoms with Gasteiger partial charge in [0.2, 0.25) is 11.8 Å². The van der Waals surface area contributed by atoms with Gasteiger partial charge in [0.1, 0.15) is 11.9 Å². The van der Waals surface area contributed by atoms with E-state index in [2.05, 4.69) is 11.4 Å². The third kappa shape index (κ3) is 5.67. The average Bonchev–Trinajstić information content (AvgIpc) is 3.35. The molecule has 1 saturated heterocycles. The first-order valence-corrected chi connectivity index (χ1v) is 11.9. The van der Waals surface area contributed by atoms with Crippen molar-refractivity contribution >= 4 is 23.4 Å². The number of likely N-dealkylation sites (N-methyl/N-ethyl adjacent to an activating group) is 1. The summed E-state index contributed by atoms with van der Waals surface area (Å²) < 4.78 is 14.2. The Morgan fingerprint density at radius 3 is 2.54 bits per heavy atom. The van der Waals surface area contributed by atoms with Crippen LogP contribution in [0.5, 0.6) is 0 Å². The van der Waals surface area contributed by atoms with Gasteiger partial charge in [0.15, 0.2) is 0 Å². The van der Waals surface area contributed by atoms with Crippen LogP contribution >= 0.6 is 0 Å². The Bertz CT molecular complexity index is 1380. The van der Waals surface area contributed by atoms with Crippen LogP contribution in [0.15, 0.2) is 72.8 Å². The molecule has 3 amide bonds. The van der Waals surface area contributed by atoms with Crippen molar-refractivity contribution in [1.82, 2.24) is 9.80 Å². The molecular weight excluding hydrogens is 471 g/mol. The summed E-state index contributed by atoms with van der Waals surface area (Å²) >= 11 is 0. The highest BCUT2D eigenvalue weighted by Gasteiger charge is 2.39. The number of carbonyl (C=O) groups is 3. The summed E-state index contributed by atoms with van der Waals surface area (Å²) in [6, 6.07) is 21.6. The van der Waals surface area contributed by atoms with Crippen molar-refractivity contribution in [3.63, 3.8) is 0 Å². The molecule has 0 aliphatic carbocycles. The van der Waals surface area contributed by atoms with Gasteiger partial charge >= 0.3 is 0 Å². The van der Waals surface area contributed by atoms with Crippen molar-refractivity contribution in [2.24, 2.45) is 5.92 Å². The van der Waals surface area contributed by atoms with Crippen molar-refractivity contribution < 1.29 is 18.8 Å². The number of aryl methyl sites for hydroxylation is 1. The SMILES string of the molecule is Cc1ccccc1NC(=O)C1CC(C#N)N(C(=O)CN(C)C(=O)c2cccc(-c3ccccc3F)c2)C1. The van der Waals surface area contributed by atoms with E-state index in [0.717, 1.165) is 5.56 Å². The number of anilines is 1. The van der Waals surface area contributed by atoms with E-state index in [1.54, 1.807) is 48.5 Å². The number of likely N-dealkylation sites (tertiary alicyclic amines) is 1. The van der Waals surface area contributed by atoms with E-state index in [0.29, 0.717) is 22.4 Å². The summed E-state index contributed by atoms with van der Waals surface area (Å²) in [5.74, 6) is -2.01. The molecule has 1 aliphatic rings. The maximum absolute atomic E-state index is 14.2. The van der Waals surface area contributed by atoms with E-state index in [4.69, 9.17) is 0 Å². The smallest absolute Gasteiger partial charge is 0.254 e. The van der Waals surface area contributed by atoms with Crippen LogP contribution in [0.2, 0.25) is 0 Å². The largest absolute Gasteiger partial charge is 0.332 e. The van der Waals surface area contributed by atoms with Crippen LogP contribution in [0.3, 0.4) is 0 Å². The van der Waals surface area contributed by atoms with E-state index in [-0.39, 0.29) is 25.4 Å². The van der Waals surface area contributed by atoms with Crippen molar-refractivity contribution in [2.75, 3.05) is 25.5 Å². The molecule has 0 radical (unpaired) electrons. The zero-order chi connectivity index (χ0) is 26.5. The van der Waals surface area contributed by atoms with E-state index >= 15 is 0 Å². The summed E-state index contributed by atoms with van der Waals surface area (Å²) in [5, 5.41) is 12.5. The summed E-state index contributed by atoms with van der Waals surface area (Å²) in [4.78, 5) is 41.6. The Morgan fingerprint density at radius 2 is 1.81 bits per heavy atom. The number of nitriles is 1. The third-order valence-electron chi connectivity index (χ3n) is 6.56. The Morgan fingerprint density at radius 1 is 1.08 bits per heavy atom. The molecule has 4 rings (SSSR count). The molecule has 1 aliphatic heterocycles. The molecule has 0 bridgehead atoms. The minimum absolute atomic E-state index is 0.0968. The monoisotopic (exact) mass is 498 g/mol. The molecule has 2 unspecified atom stereocenters. The second-order valence-electron chi connectivity index (χ2n) is 9.15. The maximum atomic E-state index is 14.2. The van der Waals surface area contributed by atoms with Gasteiger partial charge in [-0.2, -0.15) is 5.26 Å². The van der Waals surface area contributed by atoms with Crippen molar-refractivity contribution in [1.29, 1.82) is 5.26 Å². The van der Waals surface area contributed by atoms with Crippen LogP contribution in [0, 0.1) is 30.0 Å². The van der Waals surface area contributed by atoms with Crippen molar-refractivity contribution in [2.45, 2.75) is 19.4 Å². The topological polar surface area (TPSA) is 93.5 Å². The third-order valence-corrected chi connectivity index (χ3v) is 6.56. The van der Waals surface area contributed by atoms with E-state index < -0.39 is 29.6 Å². The van der Waals surface area contributed by atoms with E-state index in [9.17, 15) is 24.0 Å². The number of carbonyl (C=O) groups excluding carboxylic acids is 3. The molecule has 1 heterocycles. The molecule has 1 fully saturated rings. The van der Waals surface area contributed by atoms with Crippen LogP contribution in [-0.2, 0) is 9.59 Å². The number of benzene rings is 3. The molecular formula is C29H27FN4O3. The van der Waals surface area contributed by atoms with Gasteiger partial charge in [-0.1, -0.05) is 48.5 Å². The van der Waals surface area contributed by atoms with Crippen LogP contribution in [-0.4, -0.2) is 53.7 Å². The van der Waals surface area contributed by atoms with Gasteiger partial charge in [-0.15, -0.1) is 0 Å². The number of para-hydroxylation sites is 1. The van der Waals surface area contributed by atoms with Crippen molar-refractivity contribution in [3.05, 3.63) is 89.7 Å². The molecule has 7 nitrogen and oxygen atoms in total. The van der Waals surface area contributed by atoms with Gasteiger partial charge in [-0.05, 0) is 48.7 Å². The molecule has 37 heavy (non-hydrogen) atoms. The normalized spacial score (nSPS) is 16.6. The lowest BCUT2D eigenvalue weighted by Gasteiger charge is -2.24. The zero-order valence-electron chi connectivity index (χ0n) is 20.6. The maximum Gasteiger partial charge on any atom is 0.254 e. The van der Waals surface area contributed by atoms with Crippen LogP contribution in [0.25, 0.3) is 11.1 Å². The molecule has 8 heteroatoms. The first kappa shape index (κ1) is 25.6. The number of rotatable bonds is 6. The molecule has 1 N–H and O–H groups in total. The number of nitrogens with zero attached hydrogens (tertiary/aromatic N) is 3. The number of halogens is 1. The molecule has 3 aromatic rings. The number of nitrogens with one attached hydrogen (secondary N) is 1. The molecule has 0 saturated carbocycles. The Labute approximate surface area is 215 Å². The average molecular weight is 499 g/mol. The lowest BCUT2D eigenvalue weighted by molar-refractivity contribution is -0.131. The highest BCUT2D eigenvalue weighted by Crippen LogP contribution is 2.26. The fraction of sp³-hybridized carbons (Fsp3) is 0.241.